The van der Waals surface area contributed by atoms with E-state index in [4.69, 9.17) is 16.9 Å². The fourth-order valence-corrected chi connectivity index (χ4v) is 3.35. The van der Waals surface area contributed by atoms with E-state index in [0.29, 0.717) is 22.9 Å². The molecule has 1 aromatic carbocycles. The van der Waals surface area contributed by atoms with Gasteiger partial charge < -0.3 is 15.4 Å². The summed E-state index contributed by atoms with van der Waals surface area (Å²) in [5.41, 5.74) is 6.65. The molecule has 0 saturated heterocycles. The Morgan fingerprint density at radius 1 is 1.52 bits per heavy atom. The minimum atomic E-state index is -0.115. The van der Waals surface area contributed by atoms with E-state index >= 15 is 0 Å². The third-order valence-electron chi connectivity index (χ3n) is 3.19. The van der Waals surface area contributed by atoms with Crippen LogP contribution in [0.3, 0.4) is 0 Å². The molecule has 1 aromatic heterocycles. The first-order chi connectivity index (χ1) is 10.1. The first-order valence-electron chi connectivity index (χ1n) is 6.71. The number of amides is 1. The molecule has 0 unspecified atom stereocenters. The van der Waals surface area contributed by atoms with Gasteiger partial charge in [0.05, 0.1) is 24.7 Å². The summed E-state index contributed by atoms with van der Waals surface area (Å²) in [6, 6.07) is 5.66. The van der Waals surface area contributed by atoms with Crippen molar-refractivity contribution < 1.29 is 9.53 Å². The summed E-state index contributed by atoms with van der Waals surface area (Å²) in [5.74, 6) is 3.09. The number of hydrogen-bond acceptors (Lipinski definition) is 4. The van der Waals surface area contributed by atoms with E-state index in [1.165, 1.54) is 11.3 Å². The zero-order valence-corrected chi connectivity index (χ0v) is 13.0. The molecule has 5 heteroatoms. The number of carbonyl (C=O) groups is 1. The van der Waals surface area contributed by atoms with Crippen molar-refractivity contribution in [2.75, 3.05) is 25.9 Å². The Balaban J connectivity index is 2.49. The summed E-state index contributed by atoms with van der Waals surface area (Å²) in [4.78, 5) is 14.8. The molecule has 2 aromatic rings. The van der Waals surface area contributed by atoms with Crippen LogP contribution in [0.4, 0.5) is 5.69 Å². The van der Waals surface area contributed by atoms with Gasteiger partial charge in [-0.1, -0.05) is 18.9 Å². The van der Waals surface area contributed by atoms with Crippen molar-refractivity contribution in [2.24, 2.45) is 0 Å². The van der Waals surface area contributed by atoms with E-state index in [0.717, 1.165) is 16.5 Å². The molecule has 1 amide bonds. The summed E-state index contributed by atoms with van der Waals surface area (Å²) in [7, 11) is 1.59. The minimum absolute atomic E-state index is 0.115. The maximum atomic E-state index is 12.6. The maximum Gasteiger partial charge on any atom is 0.266 e. The van der Waals surface area contributed by atoms with Gasteiger partial charge in [0, 0.05) is 11.2 Å². The summed E-state index contributed by atoms with van der Waals surface area (Å²) >= 11 is 1.38. The zero-order chi connectivity index (χ0) is 15.4. The molecule has 0 aliphatic heterocycles. The summed E-state index contributed by atoms with van der Waals surface area (Å²) in [6.07, 6.45) is 6.19. The van der Waals surface area contributed by atoms with Gasteiger partial charge in [0.15, 0.2) is 0 Å². The lowest BCUT2D eigenvalue weighted by molar-refractivity contribution is 0.0782. The Bertz CT molecular complexity index is 700. The van der Waals surface area contributed by atoms with E-state index < -0.39 is 0 Å². The molecule has 0 atom stereocenters. The van der Waals surface area contributed by atoms with Crippen molar-refractivity contribution in [2.45, 2.75) is 13.3 Å². The lowest BCUT2D eigenvalue weighted by Crippen LogP contribution is -2.32. The minimum Gasteiger partial charge on any atom is -0.496 e. The van der Waals surface area contributed by atoms with Gasteiger partial charge >= 0.3 is 0 Å². The second-order valence-corrected chi connectivity index (χ2v) is 5.66. The van der Waals surface area contributed by atoms with Crippen LogP contribution in [-0.4, -0.2) is 31.0 Å². The van der Waals surface area contributed by atoms with Gasteiger partial charge in [0.1, 0.15) is 10.6 Å². The molecule has 4 nitrogen and oxygen atoms in total. The Labute approximate surface area is 128 Å². The quantitative estimate of drug-likeness (QED) is 0.864. The van der Waals surface area contributed by atoms with Crippen molar-refractivity contribution in [3.05, 3.63) is 23.1 Å². The highest BCUT2D eigenvalue weighted by Gasteiger charge is 2.22. The first-order valence-corrected chi connectivity index (χ1v) is 7.53. The van der Waals surface area contributed by atoms with Crippen LogP contribution in [-0.2, 0) is 0 Å². The highest BCUT2D eigenvalue weighted by Crippen LogP contribution is 2.39. The smallest absolute Gasteiger partial charge is 0.266 e. The fraction of sp³-hybridized carbons (Fsp3) is 0.312. The predicted octanol–water partition coefficient (Wildman–Crippen LogP) is 2.98. The SMILES string of the molecule is C#CCN(CCC)C(=O)c1sc2cccc(OC)c2c1N. The number of carbonyl (C=O) groups excluding carboxylic acids is 1. The van der Waals surface area contributed by atoms with E-state index in [1.54, 1.807) is 12.0 Å². The van der Waals surface area contributed by atoms with Crippen molar-refractivity contribution in [3.63, 3.8) is 0 Å². The highest BCUT2D eigenvalue weighted by molar-refractivity contribution is 7.21. The van der Waals surface area contributed by atoms with Crippen LogP contribution in [0.2, 0.25) is 0 Å². The maximum absolute atomic E-state index is 12.6. The van der Waals surface area contributed by atoms with Crippen LogP contribution in [0.5, 0.6) is 5.75 Å². The Kier molecular flexibility index (Phi) is 4.71. The fourth-order valence-electron chi connectivity index (χ4n) is 2.25. The lowest BCUT2D eigenvalue weighted by Gasteiger charge is -2.18. The topological polar surface area (TPSA) is 55.6 Å². The third-order valence-corrected chi connectivity index (χ3v) is 4.35. The molecule has 0 aliphatic rings. The number of nitrogens with zero attached hydrogens (tertiary/aromatic N) is 1. The highest BCUT2D eigenvalue weighted by atomic mass is 32.1. The third kappa shape index (κ3) is 2.81. The molecule has 0 aliphatic carbocycles. The van der Waals surface area contributed by atoms with Gasteiger partial charge in [-0.25, -0.2) is 0 Å². The molecular formula is C16H18N2O2S. The summed E-state index contributed by atoms with van der Waals surface area (Å²) in [6.45, 7) is 2.92. The van der Waals surface area contributed by atoms with Crippen molar-refractivity contribution >= 4 is 33.0 Å². The number of hydrogen-bond donors (Lipinski definition) is 1. The Morgan fingerprint density at radius 3 is 2.90 bits per heavy atom. The molecule has 2 N–H and O–H groups in total. The number of benzene rings is 1. The average molecular weight is 302 g/mol. The van der Waals surface area contributed by atoms with Gasteiger partial charge in [-0.2, -0.15) is 0 Å². The van der Waals surface area contributed by atoms with Gasteiger partial charge in [0.25, 0.3) is 5.91 Å². The number of thiophene rings is 1. The second kappa shape index (κ2) is 6.51. The number of methoxy groups -OCH3 is 1. The zero-order valence-electron chi connectivity index (χ0n) is 12.2. The van der Waals surface area contributed by atoms with Crippen LogP contribution in [0.25, 0.3) is 10.1 Å². The first kappa shape index (κ1) is 15.2. The molecule has 21 heavy (non-hydrogen) atoms. The van der Waals surface area contributed by atoms with E-state index in [9.17, 15) is 4.79 Å². The van der Waals surface area contributed by atoms with E-state index in [1.807, 2.05) is 25.1 Å². The number of fused-ring (bicyclic) bond motifs is 1. The second-order valence-electron chi connectivity index (χ2n) is 4.61. The number of ether oxygens (including phenoxy) is 1. The molecule has 1 heterocycles. The molecule has 0 spiro atoms. The Morgan fingerprint density at radius 2 is 2.29 bits per heavy atom. The van der Waals surface area contributed by atoms with Gasteiger partial charge in [0.2, 0.25) is 0 Å². The normalized spacial score (nSPS) is 10.3. The number of nitrogen functional groups attached to an aromatic ring is 1. The monoisotopic (exact) mass is 302 g/mol. The van der Waals surface area contributed by atoms with Crippen LogP contribution in [0.15, 0.2) is 18.2 Å². The van der Waals surface area contributed by atoms with Crippen LogP contribution >= 0.6 is 11.3 Å². The van der Waals surface area contributed by atoms with Gasteiger partial charge in [-0.15, -0.1) is 17.8 Å². The number of nitrogens with two attached hydrogens (primary N) is 1. The summed E-state index contributed by atoms with van der Waals surface area (Å²) in [5, 5.41) is 0.797. The van der Waals surface area contributed by atoms with Crippen molar-refractivity contribution in [1.82, 2.24) is 4.90 Å². The largest absolute Gasteiger partial charge is 0.496 e. The molecule has 0 fully saturated rings. The number of rotatable bonds is 5. The van der Waals surface area contributed by atoms with Crippen LogP contribution in [0, 0.1) is 12.3 Å². The molecule has 0 saturated carbocycles. The van der Waals surface area contributed by atoms with Crippen LogP contribution in [0.1, 0.15) is 23.0 Å². The molecule has 110 valence electrons. The predicted molar refractivity (Wildman–Crippen MR) is 87.8 cm³/mol. The number of anilines is 1. The van der Waals surface area contributed by atoms with Crippen molar-refractivity contribution in [3.8, 4) is 18.1 Å². The summed E-state index contributed by atoms with van der Waals surface area (Å²) < 4.78 is 6.26. The Hall–Kier alpha value is -2.19. The number of terminal acetylenes is 1. The molecule has 0 bridgehead atoms. The molecule has 2 rings (SSSR count). The standard InChI is InChI=1S/C16H18N2O2S/c1-4-9-18(10-5-2)16(19)15-14(17)13-11(20-3)7-6-8-12(13)21-15/h1,6-8H,5,9-10,17H2,2-3H3. The van der Waals surface area contributed by atoms with Crippen molar-refractivity contribution in [1.29, 1.82) is 0 Å². The average Bonchev–Trinajstić information content (AvgIpc) is 2.83. The molecule has 0 radical (unpaired) electrons. The van der Waals surface area contributed by atoms with E-state index in [-0.39, 0.29) is 12.5 Å². The van der Waals surface area contributed by atoms with E-state index in [2.05, 4.69) is 5.92 Å². The van der Waals surface area contributed by atoms with Gasteiger partial charge in [-0.05, 0) is 18.6 Å². The molecular weight excluding hydrogens is 284 g/mol. The van der Waals surface area contributed by atoms with Crippen LogP contribution < -0.4 is 10.5 Å². The van der Waals surface area contributed by atoms with Gasteiger partial charge in [-0.3, -0.25) is 4.79 Å². The lowest BCUT2D eigenvalue weighted by atomic mass is 10.2.